The number of hydrogen-bond acceptors (Lipinski definition) is 11. The van der Waals surface area contributed by atoms with Crippen LogP contribution >= 0.6 is 0 Å². The number of nitrogens with one attached hydrogen (secondary N) is 1. The van der Waals surface area contributed by atoms with Crippen LogP contribution in [-0.4, -0.2) is 83.7 Å². The average molecular weight is 488 g/mol. The van der Waals surface area contributed by atoms with Crippen molar-refractivity contribution in [1.29, 1.82) is 0 Å². The number of oxazole rings is 1. The minimum atomic E-state index is -1.24. The Morgan fingerprint density at radius 2 is 1.97 bits per heavy atom. The van der Waals surface area contributed by atoms with Crippen LogP contribution in [0.15, 0.2) is 23.3 Å². The minimum Gasteiger partial charge on any atom is -0.450 e. The molecular weight excluding hydrogens is 458 g/mol. The largest absolute Gasteiger partial charge is 0.450 e. The van der Waals surface area contributed by atoms with Gasteiger partial charge in [-0.05, 0) is 19.8 Å². The van der Waals surface area contributed by atoms with Crippen molar-refractivity contribution < 1.29 is 28.9 Å². The Hall–Kier alpha value is -3.29. The second-order valence-electron chi connectivity index (χ2n) is 8.60. The molecular formula is C22H29N7O6. The molecule has 35 heavy (non-hydrogen) atoms. The van der Waals surface area contributed by atoms with Crippen LogP contribution in [-0.2, 0) is 15.9 Å². The van der Waals surface area contributed by atoms with Gasteiger partial charge in [0.15, 0.2) is 29.3 Å². The first-order chi connectivity index (χ1) is 17.0. The zero-order valence-electron chi connectivity index (χ0n) is 19.6. The molecule has 0 unspecified atom stereocenters. The van der Waals surface area contributed by atoms with Crippen LogP contribution in [0, 0.1) is 0 Å². The molecule has 3 N–H and O–H groups in total. The molecule has 3 aromatic rings. The van der Waals surface area contributed by atoms with Crippen molar-refractivity contribution in [3.05, 3.63) is 30.5 Å². The summed E-state index contributed by atoms with van der Waals surface area (Å²) in [5.74, 6) is 1.43. The van der Waals surface area contributed by atoms with Gasteiger partial charge in [-0.2, -0.15) is 0 Å². The molecule has 13 heteroatoms. The Balaban J connectivity index is 1.31. The summed E-state index contributed by atoms with van der Waals surface area (Å²) in [6.45, 7) is 5.24. The minimum absolute atomic E-state index is 0.0984. The fourth-order valence-electron chi connectivity index (χ4n) is 4.47. The fourth-order valence-corrected chi connectivity index (χ4v) is 4.47. The highest BCUT2D eigenvalue weighted by molar-refractivity contribution is 5.82. The van der Waals surface area contributed by atoms with Crippen LogP contribution in [0.5, 0.6) is 0 Å². The van der Waals surface area contributed by atoms with Gasteiger partial charge >= 0.3 is 6.09 Å². The zero-order valence-corrected chi connectivity index (χ0v) is 19.6. The van der Waals surface area contributed by atoms with Gasteiger partial charge in [-0.25, -0.2) is 24.7 Å². The normalized spacial score (nSPS) is 25.3. The second kappa shape index (κ2) is 9.76. The zero-order chi connectivity index (χ0) is 24.5. The van der Waals surface area contributed by atoms with E-state index < -0.39 is 24.5 Å². The highest BCUT2D eigenvalue weighted by atomic mass is 16.6. The molecule has 2 aliphatic heterocycles. The number of aryl methyl sites for hydroxylation is 1. The number of hydrogen-bond donors (Lipinski definition) is 3. The third-order valence-corrected chi connectivity index (χ3v) is 6.40. The third kappa shape index (κ3) is 4.42. The maximum Gasteiger partial charge on any atom is 0.409 e. The number of ether oxygens (including phenoxy) is 2. The summed E-state index contributed by atoms with van der Waals surface area (Å²) in [5, 5.41) is 24.7. The summed E-state index contributed by atoms with van der Waals surface area (Å²) in [6, 6.07) is 0.0984. The van der Waals surface area contributed by atoms with Gasteiger partial charge in [0.2, 0.25) is 5.89 Å². The number of rotatable bonds is 6. The Labute approximate surface area is 201 Å². The van der Waals surface area contributed by atoms with Gasteiger partial charge in [-0.3, -0.25) is 4.57 Å². The van der Waals surface area contributed by atoms with Crippen molar-refractivity contribution >= 4 is 23.1 Å². The number of carbonyl (C=O) groups is 1. The van der Waals surface area contributed by atoms with Crippen molar-refractivity contribution in [2.24, 2.45) is 0 Å². The van der Waals surface area contributed by atoms with Gasteiger partial charge in [0.05, 0.1) is 19.1 Å². The maximum absolute atomic E-state index is 11.9. The topological polar surface area (TPSA) is 161 Å². The van der Waals surface area contributed by atoms with Gasteiger partial charge in [0.25, 0.3) is 0 Å². The molecule has 0 saturated carbocycles. The van der Waals surface area contributed by atoms with E-state index >= 15 is 0 Å². The number of nitrogens with zero attached hydrogens (tertiary/aromatic N) is 6. The van der Waals surface area contributed by atoms with E-state index in [-0.39, 0.29) is 18.0 Å². The summed E-state index contributed by atoms with van der Waals surface area (Å²) in [5.41, 5.74) is 0.962. The Morgan fingerprint density at radius 3 is 2.69 bits per heavy atom. The van der Waals surface area contributed by atoms with Crippen molar-refractivity contribution in [1.82, 2.24) is 29.4 Å². The molecule has 4 atom stereocenters. The first-order valence-electron chi connectivity index (χ1n) is 11.8. The molecule has 0 aromatic carbocycles. The molecule has 0 aliphatic carbocycles. The fraction of sp³-hybridized carbons (Fsp3) is 0.591. The van der Waals surface area contributed by atoms with E-state index in [4.69, 9.17) is 13.9 Å². The lowest BCUT2D eigenvalue weighted by Gasteiger charge is -2.31. The van der Waals surface area contributed by atoms with Gasteiger partial charge in [0.1, 0.15) is 24.3 Å². The van der Waals surface area contributed by atoms with Gasteiger partial charge in [0, 0.05) is 25.6 Å². The molecule has 2 saturated heterocycles. The number of piperidine rings is 1. The van der Waals surface area contributed by atoms with E-state index in [1.165, 1.54) is 12.7 Å². The molecule has 2 fully saturated rings. The molecule has 0 bridgehead atoms. The predicted octanol–water partition coefficient (Wildman–Crippen LogP) is 1.40. The highest BCUT2D eigenvalue weighted by Gasteiger charge is 2.47. The van der Waals surface area contributed by atoms with Crippen LogP contribution in [0.4, 0.5) is 10.6 Å². The van der Waals surface area contributed by atoms with Crippen molar-refractivity contribution in [2.75, 3.05) is 25.0 Å². The van der Waals surface area contributed by atoms with Crippen molar-refractivity contribution in [3.63, 3.8) is 0 Å². The summed E-state index contributed by atoms with van der Waals surface area (Å²) >= 11 is 0. The van der Waals surface area contributed by atoms with Gasteiger partial charge in [-0.15, -0.1) is 0 Å². The number of aliphatic hydroxyl groups excluding tert-OH is 2. The number of anilines is 1. The SMILES string of the molecule is CCOC(=O)N1CCC(Nc2ncnc3c2ncn3[C@@H]2O[C@H](c3ncc(CC)o3)[C@@H](O)[C@H]2O)CC1. The molecule has 0 spiro atoms. The van der Waals surface area contributed by atoms with Crippen molar-refractivity contribution in [2.45, 2.75) is 63.7 Å². The number of imidazole rings is 1. The van der Waals surface area contributed by atoms with Gasteiger partial charge < -0.3 is 34.3 Å². The monoisotopic (exact) mass is 487 g/mol. The standard InChI is InChI=1S/C22H29N7O6/c1-3-13-9-23-20(34-13)17-15(30)16(31)21(35-17)29-11-26-14-18(24-10-25-19(14)29)27-12-5-7-28(8-6-12)22(32)33-4-2/h9-12,15-17,21,30-31H,3-8H2,1-2H3,(H,24,25,27)/t15-,16+,17-,21+/m0/s1. The van der Waals surface area contributed by atoms with Crippen LogP contribution in [0.3, 0.4) is 0 Å². The molecule has 1 amide bonds. The third-order valence-electron chi connectivity index (χ3n) is 6.40. The van der Waals surface area contributed by atoms with Crippen LogP contribution in [0.1, 0.15) is 50.7 Å². The predicted molar refractivity (Wildman–Crippen MR) is 121 cm³/mol. The summed E-state index contributed by atoms with van der Waals surface area (Å²) in [7, 11) is 0. The summed E-state index contributed by atoms with van der Waals surface area (Å²) < 4.78 is 18.2. The van der Waals surface area contributed by atoms with Gasteiger partial charge in [-0.1, -0.05) is 6.92 Å². The highest BCUT2D eigenvalue weighted by Crippen LogP contribution is 2.39. The Morgan fingerprint density at radius 1 is 1.17 bits per heavy atom. The summed E-state index contributed by atoms with van der Waals surface area (Å²) in [4.78, 5) is 31.0. The molecule has 2 aliphatic rings. The maximum atomic E-state index is 11.9. The first kappa shape index (κ1) is 23.5. The lowest BCUT2D eigenvalue weighted by atomic mass is 10.1. The van der Waals surface area contributed by atoms with E-state index in [2.05, 4.69) is 25.3 Å². The Bertz CT molecular complexity index is 1170. The molecule has 5 heterocycles. The quantitative estimate of drug-likeness (QED) is 0.461. The van der Waals surface area contributed by atoms with E-state index in [1.54, 1.807) is 22.6 Å². The average Bonchev–Trinajstić information content (AvgIpc) is 3.58. The van der Waals surface area contributed by atoms with Crippen LogP contribution < -0.4 is 5.32 Å². The Kier molecular flexibility index (Phi) is 6.54. The molecule has 3 aromatic heterocycles. The number of amides is 1. The lowest BCUT2D eigenvalue weighted by Crippen LogP contribution is -2.42. The molecule has 0 radical (unpaired) electrons. The van der Waals surface area contributed by atoms with E-state index in [9.17, 15) is 15.0 Å². The molecule has 13 nitrogen and oxygen atoms in total. The molecule has 5 rings (SSSR count). The number of likely N-dealkylation sites (tertiary alicyclic amines) is 1. The number of carbonyl (C=O) groups excluding carboxylic acids is 1. The first-order valence-corrected chi connectivity index (χ1v) is 11.8. The lowest BCUT2D eigenvalue weighted by molar-refractivity contribution is -0.0439. The summed E-state index contributed by atoms with van der Waals surface area (Å²) in [6.07, 6.45) is 2.00. The van der Waals surface area contributed by atoms with Crippen LogP contribution in [0.25, 0.3) is 11.2 Å². The molecule has 188 valence electrons. The number of aliphatic hydroxyl groups is 2. The van der Waals surface area contributed by atoms with E-state index in [1.807, 2.05) is 6.92 Å². The smallest absolute Gasteiger partial charge is 0.409 e. The number of fused-ring (bicyclic) bond motifs is 1. The second-order valence-corrected chi connectivity index (χ2v) is 8.60. The van der Waals surface area contributed by atoms with Crippen LogP contribution in [0.2, 0.25) is 0 Å². The number of aromatic nitrogens is 5. The van der Waals surface area contributed by atoms with E-state index in [0.717, 1.165) is 12.8 Å². The van der Waals surface area contributed by atoms with E-state index in [0.29, 0.717) is 48.9 Å². The van der Waals surface area contributed by atoms with Crippen molar-refractivity contribution in [3.8, 4) is 0 Å².